The Labute approximate surface area is 187 Å². The number of rotatable bonds is 11. The lowest BCUT2D eigenvalue weighted by Gasteiger charge is -2.10. The van der Waals surface area contributed by atoms with E-state index in [4.69, 9.17) is 4.74 Å². The first-order valence-corrected chi connectivity index (χ1v) is 12.5. The van der Waals surface area contributed by atoms with Gasteiger partial charge >= 0.3 is 0 Å². The highest BCUT2D eigenvalue weighted by atomic mass is 32.2. The molecule has 0 saturated heterocycles. The van der Waals surface area contributed by atoms with Crippen molar-refractivity contribution in [2.45, 2.75) is 31.6 Å². The predicted octanol–water partition coefficient (Wildman–Crippen LogP) is 3.18. The summed E-state index contributed by atoms with van der Waals surface area (Å²) in [7, 11) is -3.78. The smallest absolute Gasteiger partial charge is 0.269 e. The Kier molecular flexibility index (Phi) is 9.67. The average Bonchev–Trinajstić information content (AvgIpc) is 2.76. The van der Waals surface area contributed by atoms with E-state index in [1.54, 1.807) is 12.1 Å². The van der Waals surface area contributed by atoms with Crippen molar-refractivity contribution in [3.8, 4) is 5.75 Å². The van der Waals surface area contributed by atoms with Crippen LogP contribution >= 0.6 is 11.8 Å². The van der Waals surface area contributed by atoms with Gasteiger partial charge < -0.3 is 4.74 Å². The fourth-order valence-electron chi connectivity index (χ4n) is 2.43. The van der Waals surface area contributed by atoms with E-state index in [1.165, 1.54) is 48.2 Å². The van der Waals surface area contributed by atoms with Crippen LogP contribution in [0.5, 0.6) is 5.75 Å². The van der Waals surface area contributed by atoms with Crippen LogP contribution in [0.3, 0.4) is 0 Å². The highest BCUT2D eigenvalue weighted by Crippen LogP contribution is 2.19. The number of ether oxygens (including phenoxy) is 1. The van der Waals surface area contributed by atoms with Gasteiger partial charge in [-0.2, -0.15) is 11.8 Å². The second-order valence-electron chi connectivity index (χ2n) is 6.50. The first kappa shape index (κ1) is 24.5. The SMILES string of the molecule is CCCCSCC(=O)NNC(=O)c1ccc(NS(=O)(=O)c2ccc(OCC)cc2)cc1. The van der Waals surface area contributed by atoms with Crippen LogP contribution < -0.4 is 20.3 Å². The number of carbonyl (C=O) groups is 2. The molecule has 2 rings (SSSR count). The molecule has 2 amide bonds. The van der Waals surface area contributed by atoms with E-state index in [0.29, 0.717) is 18.0 Å². The van der Waals surface area contributed by atoms with Gasteiger partial charge in [0.25, 0.3) is 15.9 Å². The van der Waals surface area contributed by atoms with Crippen molar-refractivity contribution < 1.29 is 22.7 Å². The van der Waals surface area contributed by atoms with Gasteiger partial charge in [0.1, 0.15) is 5.75 Å². The number of thioether (sulfide) groups is 1. The summed E-state index contributed by atoms with van der Waals surface area (Å²) < 4.78 is 32.8. The third-order valence-corrected chi connectivity index (χ3v) is 6.48. The Hall–Kier alpha value is -2.72. The summed E-state index contributed by atoms with van der Waals surface area (Å²) in [5, 5.41) is 0. The standard InChI is InChI=1S/C21H27N3O5S2/c1-3-5-14-30-15-20(25)22-23-21(26)16-6-8-17(9-7-16)24-31(27,28)19-12-10-18(11-13-19)29-4-2/h6-13,24H,3-5,14-15H2,1-2H3,(H,22,25)(H,23,26). The van der Waals surface area contributed by atoms with Gasteiger partial charge in [0.15, 0.2) is 0 Å². The van der Waals surface area contributed by atoms with Gasteiger partial charge in [-0.3, -0.25) is 25.2 Å². The summed E-state index contributed by atoms with van der Waals surface area (Å²) in [6.45, 7) is 4.42. The minimum Gasteiger partial charge on any atom is -0.494 e. The highest BCUT2D eigenvalue weighted by Gasteiger charge is 2.15. The number of benzene rings is 2. The molecular weight excluding hydrogens is 438 g/mol. The summed E-state index contributed by atoms with van der Waals surface area (Å²) in [4.78, 5) is 24.0. The summed E-state index contributed by atoms with van der Waals surface area (Å²) in [5.74, 6) is 0.976. The second kappa shape index (κ2) is 12.2. The average molecular weight is 466 g/mol. The molecule has 0 aliphatic heterocycles. The molecule has 0 spiro atoms. The number of hydrogen-bond donors (Lipinski definition) is 3. The molecule has 0 atom stereocenters. The lowest BCUT2D eigenvalue weighted by Crippen LogP contribution is -2.42. The third-order valence-electron chi connectivity index (χ3n) is 4.04. The quantitative estimate of drug-likeness (QED) is 0.347. The van der Waals surface area contributed by atoms with Crippen molar-refractivity contribution in [3.05, 3.63) is 54.1 Å². The van der Waals surface area contributed by atoms with E-state index in [-0.39, 0.29) is 22.1 Å². The molecule has 0 saturated carbocycles. The van der Waals surface area contributed by atoms with Gasteiger partial charge in [0.05, 0.1) is 17.3 Å². The Morgan fingerprint density at radius 2 is 1.65 bits per heavy atom. The summed E-state index contributed by atoms with van der Waals surface area (Å²) in [5.41, 5.74) is 5.30. The van der Waals surface area contributed by atoms with Crippen molar-refractivity contribution in [3.63, 3.8) is 0 Å². The summed E-state index contributed by atoms with van der Waals surface area (Å²) >= 11 is 1.51. The molecule has 168 valence electrons. The van der Waals surface area contributed by atoms with E-state index in [9.17, 15) is 18.0 Å². The molecule has 0 radical (unpaired) electrons. The van der Waals surface area contributed by atoms with E-state index >= 15 is 0 Å². The maximum atomic E-state index is 12.5. The number of hydrogen-bond acceptors (Lipinski definition) is 6. The molecule has 0 aliphatic carbocycles. The number of sulfonamides is 1. The number of amides is 2. The number of unbranched alkanes of at least 4 members (excludes halogenated alkanes) is 1. The topological polar surface area (TPSA) is 114 Å². The van der Waals surface area contributed by atoms with Gasteiger partial charge in [-0.05, 0) is 67.6 Å². The fraction of sp³-hybridized carbons (Fsp3) is 0.333. The van der Waals surface area contributed by atoms with E-state index in [0.717, 1.165) is 18.6 Å². The minimum atomic E-state index is -3.78. The van der Waals surface area contributed by atoms with Crippen LogP contribution in [0.25, 0.3) is 0 Å². The molecule has 2 aromatic carbocycles. The zero-order valence-corrected chi connectivity index (χ0v) is 19.1. The molecular formula is C21H27N3O5S2. The van der Waals surface area contributed by atoms with Gasteiger partial charge in [0, 0.05) is 11.3 Å². The molecule has 2 aromatic rings. The van der Waals surface area contributed by atoms with Crippen LogP contribution in [0.15, 0.2) is 53.4 Å². The van der Waals surface area contributed by atoms with Gasteiger partial charge in [-0.15, -0.1) is 0 Å². The lowest BCUT2D eigenvalue weighted by atomic mass is 10.2. The Balaban J connectivity index is 1.89. The molecule has 0 aliphatic rings. The largest absolute Gasteiger partial charge is 0.494 e. The monoisotopic (exact) mass is 465 g/mol. The predicted molar refractivity (Wildman–Crippen MR) is 123 cm³/mol. The van der Waals surface area contributed by atoms with Crippen molar-refractivity contribution in [1.29, 1.82) is 0 Å². The zero-order chi connectivity index (χ0) is 22.7. The Morgan fingerprint density at radius 1 is 0.968 bits per heavy atom. The fourth-order valence-corrected chi connectivity index (χ4v) is 4.38. The second-order valence-corrected chi connectivity index (χ2v) is 9.28. The van der Waals surface area contributed by atoms with Crippen molar-refractivity contribution in [2.75, 3.05) is 22.8 Å². The van der Waals surface area contributed by atoms with Crippen LogP contribution in [-0.2, 0) is 14.8 Å². The summed E-state index contributed by atoms with van der Waals surface area (Å²) in [6.07, 6.45) is 2.11. The van der Waals surface area contributed by atoms with Crippen molar-refractivity contribution >= 4 is 39.3 Å². The van der Waals surface area contributed by atoms with Gasteiger partial charge in [-0.1, -0.05) is 13.3 Å². The first-order chi connectivity index (χ1) is 14.9. The Morgan fingerprint density at radius 3 is 2.26 bits per heavy atom. The number of hydrazine groups is 1. The van der Waals surface area contributed by atoms with Crippen LogP contribution in [0.2, 0.25) is 0 Å². The molecule has 0 heterocycles. The van der Waals surface area contributed by atoms with Crippen molar-refractivity contribution in [2.24, 2.45) is 0 Å². The number of anilines is 1. The first-order valence-electron chi connectivity index (χ1n) is 9.88. The van der Waals surface area contributed by atoms with Crippen LogP contribution in [-0.4, -0.2) is 38.3 Å². The van der Waals surface area contributed by atoms with Crippen LogP contribution in [0.1, 0.15) is 37.0 Å². The van der Waals surface area contributed by atoms with Crippen LogP contribution in [0, 0.1) is 0 Å². The molecule has 8 nitrogen and oxygen atoms in total. The minimum absolute atomic E-state index is 0.0947. The van der Waals surface area contributed by atoms with Crippen LogP contribution in [0.4, 0.5) is 5.69 Å². The van der Waals surface area contributed by atoms with E-state index in [1.807, 2.05) is 6.92 Å². The van der Waals surface area contributed by atoms with Gasteiger partial charge in [-0.25, -0.2) is 8.42 Å². The zero-order valence-electron chi connectivity index (χ0n) is 17.5. The molecule has 0 aromatic heterocycles. The van der Waals surface area contributed by atoms with Crippen molar-refractivity contribution in [1.82, 2.24) is 10.9 Å². The molecule has 0 unspecified atom stereocenters. The molecule has 0 fully saturated rings. The highest BCUT2D eigenvalue weighted by molar-refractivity contribution is 7.99. The summed E-state index contributed by atoms with van der Waals surface area (Å²) in [6, 6.07) is 12.0. The number of carbonyl (C=O) groups excluding carboxylic acids is 2. The maximum absolute atomic E-state index is 12.5. The molecule has 10 heteroatoms. The van der Waals surface area contributed by atoms with E-state index < -0.39 is 15.9 Å². The number of nitrogens with one attached hydrogen (secondary N) is 3. The molecule has 31 heavy (non-hydrogen) atoms. The molecule has 0 bridgehead atoms. The van der Waals surface area contributed by atoms with Gasteiger partial charge in [0.2, 0.25) is 5.91 Å². The molecule has 3 N–H and O–H groups in total. The Bertz CT molecular complexity index is 962. The maximum Gasteiger partial charge on any atom is 0.269 e. The third kappa shape index (κ3) is 8.14. The normalized spacial score (nSPS) is 10.9. The van der Waals surface area contributed by atoms with E-state index in [2.05, 4.69) is 22.5 Å². The lowest BCUT2D eigenvalue weighted by molar-refractivity contribution is -0.119.